The number of nitrogens with two attached hydrogens (primary N) is 1. The van der Waals surface area contributed by atoms with Crippen LogP contribution in [0.1, 0.15) is 36.8 Å². The second-order valence-electron chi connectivity index (χ2n) is 10.1. The Morgan fingerprint density at radius 1 is 1.07 bits per heavy atom. The van der Waals surface area contributed by atoms with Crippen LogP contribution in [-0.4, -0.2) is 45.8 Å². The standard InChI is InChI=1S/C28H32F3N7O4/c29-28(30,31)42-24-9-5-4-8-20(24)16-34-27-35-17-23(38(40)41)26(37-27)33-15-19-10-12-21(13-11-19)36-22(25(32)39)14-18-6-2-1-3-7-18/h1-9,17,19,21-22,36H,10-16H2,(H2,32,39)(H2,33,34,35,37)/t19-,21+,22-/m0/s1. The van der Waals surface area contributed by atoms with E-state index in [1.165, 1.54) is 18.2 Å². The fourth-order valence-electron chi connectivity index (χ4n) is 4.92. The van der Waals surface area contributed by atoms with Gasteiger partial charge in [-0.3, -0.25) is 14.9 Å². The Morgan fingerprint density at radius 2 is 1.76 bits per heavy atom. The van der Waals surface area contributed by atoms with Crippen molar-refractivity contribution in [2.45, 2.75) is 57.1 Å². The van der Waals surface area contributed by atoms with Crippen LogP contribution in [0.4, 0.5) is 30.6 Å². The SMILES string of the molecule is NC(=O)[C@H](Cc1ccccc1)N[C@H]1CC[C@@H](CNc2nc(NCc3ccccc3OC(F)(F)F)ncc2[N+](=O)[O-])CC1. The van der Waals surface area contributed by atoms with Gasteiger partial charge in [0.25, 0.3) is 0 Å². The van der Waals surface area contributed by atoms with Crippen molar-refractivity contribution in [1.82, 2.24) is 15.3 Å². The maximum atomic E-state index is 12.7. The van der Waals surface area contributed by atoms with Crippen LogP contribution in [0.25, 0.3) is 0 Å². The number of alkyl halides is 3. The fraction of sp³-hybridized carbons (Fsp3) is 0.393. The monoisotopic (exact) mass is 587 g/mol. The molecule has 0 aliphatic heterocycles. The Bertz CT molecular complexity index is 1350. The van der Waals surface area contributed by atoms with Gasteiger partial charge in [-0.1, -0.05) is 48.5 Å². The number of nitro groups is 1. The molecule has 1 saturated carbocycles. The van der Waals surface area contributed by atoms with Gasteiger partial charge < -0.3 is 26.4 Å². The van der Waals surface area contributed by atoms with Gasteiger partial charge in [0.1, 0.15) is 11.9 Å². The number of aromatic nitrogens is 2. The van der Waals surface area contributed by atoms with Crippen molar-refractivity contribution in [2.24, 2.45) is 11.7 Å². The highest BCUT2D eigenvalue weighted by molar-refractivity contribution is 5.80. The fourth-order valence-corrected chi connectivity index (χ4v) is 4.92. The van der Waals surface area contributed by atoms with Crippen molar-refractivity contribution < 1.29 is 27.6 Å². The third kappa shape index (κ3) is 9.03. The number of ether oxygens (including phenoxy) is 1. The van der Waals surface area contributed by atoms with E-state index >= 15 is 0 Å². The van der Waals surface area contributed by atoms with Crippen LogP contribution in [0.2, 0.25) is 0 Å². The van der Waals surface area contributed by atoms with Gasteiger partial charge in [0.2, 0.25) is 17.7 Å². The second kappa shape index (κ2) is 13.9. The summed E-state index contributed by atoms with van der Waals surface area (Å²) in [5.41, 5.74) is 6.55. The molecule has 1 aliphatic rings. The van der Waals surface area contributed by atoms with Gasteiger partial charge in [-0.05, 0) is 49.7 Å². The van der Waals surface area contributed by atoms with Crippen LogP contribution in [0.3, 0.4) is 0 Å². The van der Waals surface area contributed by atoms with Crippen molar-refractivity contribution in [2.75, 3.05) is 17.2 Å². The molecule has 0 unspecified atom stereocenters. The maximum absolute atomic E-state index is 12.7. The summed E-state index contributed by atoms with van der Waals surface area (Å²) in [6.45, 7) is 0.326. The molecule has 0 bridgehead atoms. The van der Waals surface area contributed by atoms with Crippen LogP contribution in [-0.2, 0) is 17.8 Å². The van der Waals surface area contributed by atoms with Crippen molar-refractivity contribution in [3.05, 3.63) is 82.0 Å². The number of nitrogens with zero attached hydrogens (tertiary/aromatic N) is 3. The Labute approximate surface area is 240 Å². The van der Waals surface area contributed by atoms with E-state index in [4.69, 9.17) is 5.73 Å². The number of hydrogen-bond donors (Lipinski definition) is 4. The molecule has 2 aromatic carbocycles. The number of nitrogens with one attached hydrogen (secondary N) is 3. The maximum Gasteiger partial charge on any atom is 0.573 e. The average molecular weight is 588 g/mol. The summed E-state index contributed by atoms with van der Waals surface area (Å²) in [7, 11) is 0. The predicted molar refractivity (Wildman–Crippen MR) is 150 cm³/mol. The van der Waals surface area contributed by atoms with E-state index in [2.05, 4.69) is 30.7 Å². The van der Waals surface area contributed by atoms with E-state index in [-0.39, 0.29) is 47.3 Å². The molecular weight excluding hydrogens is 555 g/mol. The first-order valence-electron chi connectivity index (χ1n) is 13.5. The summed E-state index contributed by atoms with van der Waals surface area (Å²) in [6.07, 6.45) is -0.0352. The molecule has 1 atom stereocenters. The number of carbonyl (C=O) groups is 1. The van der Waals surface area contributed by atoms with E-state index < -0.39 is 23.2 Å². The number of benzene rings is 2. The highest BCUT2D eigenvalue weighted by Gasteiger charge is 2.32. The lowest BCUT2D eigenvalue weighted by Crippen LogP contribution is -2.49. The first kappa shape index (κ1) is 30.5. The summed E-state index contributed by atoms with van der Waals surface area (Å²) in [5, 5.41) is 20.8. The minimum Gasteiger partial charge on any atom is -0.405 e. The summed E-state index contributed by atoms with van der Waals surface area (Å²) in [6, 6.07) is 14.9. The molecule has 4 rings (SSSR count). The molecule has 1 amide bonds. The molecular formula is C28H32F3N7O4. The number of halogens is 3. The van der Waals surface area contributed by atoms with Crippen LogP contribution in [0, 0.1) is 16.0 Å². The molecule has 3 aromatic rings. The zero-order valence-electron chi connectivity index (χ0n) is 22.6. The van der Waals surface area contributed by atoms with E-state index in [0.29, 0.717) is 13.0 Å². The lowest BCUT2D eigenvalue weighted by Gasteiger charge is -2.31. The third-order valence-electron chi connectivity index (χ3n) is 7.07. The Morgan fingerprint density at radius 3 is 2.43 bits per heavy atom. The third-order valence-corrected chi connectivity index (χ3v) is 7.07. The normalized spacial score (nSPS) is 17.7. The van der Waals surface area contributed by atoms with Gasteiger partial charge in [0.05, 0.1) is 11.0 Å². The van der Waals surface area contributed by atoms with E-state index in [1.54, 1.807) is 6.07 Å². The first-order chi connectivity index (χ1) is 20.1. The number of anilines is 2. The van der Waals surface area contributed by atoms with Crippen molar-refractivity contribution in [3.8, 4) is 5.75 Å². The van der Waals surface area contributed by atoms with Gasteiger partial charge in [-0.25, -0.2) is 4.98 Å². The number of hydrogen-bond acceptors (Lipinski definition) is 9. The number of amides is 1. The quantitative estimate of drug-likeness (QED) is 0.166. The summed E-state index contributed by atoms with van der Waals surface area (Å²) in [4.78, 5) is 31.2. The number of carbonyl (C=O) groups excluding carboxylic acids is 1. The number of para-hydroxylation sites is 1. The first-order valence-corrected chi connectivity index (χ1v) is 13.5. The molecule has 42 heavy (non-hydrogen) atoms. The molecule has 0 radical (unpaired) electrons. The zero-order valence-corrected chi connectivity index (χ0v) is 22.6. The number of primary amides is 1. The minimum atomic E-state index is -4.85. The average Bonchev–Trinajstić information content (AvgIpc) is 2.95. The lowest BCUT2D eigenvalue weighted by atomic mass is 9.85. The molecule has 1 aromatic heterocycles. The van der Waals surface area contributed by atoms with Crippen molar-refractivity contribution >= 4 is 23.4 Å². The second-order valence-corrected chi connectivity index (χ2v) is 10.1. The summed E-state index contributed by atoms with van der Waals surface area (Å²) < 4.78 is 42.2. The van der Waals surface area contributed by atoms with Gasteiger partial charge in [-0.15, -0.1) is 13.2 Å². The molecule has 5 N–H and O–H groups in total. The summed E-state index contributed by atoms with van der Waals surface area (Å²) >= 11 is 0. The van der Waals surface area contributed by atoms with Crippen LogP contribution in [0.5, 0.6) is 5.75 Å². The highest BCUT2D eigenvalue weighted by atomic mass is 19.4. The predicted octanol–water partition coefficient (Wildman–Crippen LogP) is 4.55. The van der Waals surface area contributed by atoms with Gasteiger partial charge in [-0.2, -0.15) is 4.98 Å². The Hall–Kier alpha value is -4.46. The highest BCUT2D eigenvalue weighted by Crippen LogP contribution is 2.29. The van der Waals surface area contributed by atoms with E-state index in [0.717, 1.165) is 37.4 Å². The van der Waals surface area contributed by atoms with E-state index in [1.807, 2.05) is 30.3 Å². The number of rotatable bonds is 13. The molecule has 1 heterocycles. The molecule has 11 nitrogen and oxygen atoms in total. The molecule has 1 aliphatic carbocycles. The lowest BCUT2D eigenvalue weighted by molar-refractivity contribution is -0.384. The van der Waals surface area contributed by atoms with Crippen LogP contribution < -0.4 is 26.4 Å². The van der Waals surface area contributed by atoms with Gasteiger partial charge in [0, 0.05) is 24.7 Å². The largest absolute Gasteiger partial charge is 0.573 e. The van der Waals surface area contributed by atoms with Crippen molar-refractivity contribution in [3.63, 3.8) is 0 Å². The smallest absolute Gasteiger partial charge is 0.405 e. The van der Waals surface area contributed by atoms with Gasteiger partial charge >= 0.3 is 12.0 Å². The minimum absolute atomic E-state index is 0.00808. The Balaban J connectivity index is 1.32. The molecule has 14 heteroatoms. The van der Waals surface area contributed by atoms with Crippen molar-refractivity contribution in [1.29, 1.82) is 0 Å². The van der Waals surface area contributed by atoms with E-state index in [9.17, 15) is 28.1 Å². The molecule has 224 valence electrons. The Kier molecular flexibility index (Phi) is 10.1. The zero-order chi connectivity index (χ0) is 30.1. The van der Waals surface area contributed by atoms with Gasteiger partial charge in [0.15, 0.2) is 0 Å². The molecule has 0 saturated heterocycles. The molecule has 0 spiro atoms. The van der Waals surface area contributed by atoms with Crippen LogP contribution >= 0.6 is 0 Å². The summed E-state index contributed by atoms with van der Waals surface area (Å²) in [5.74, 6) is -0.547. The topological polar surface area (TPSA) is 157 Å². The molecule has 1 fully saturated rings. The van der Waals surface area contributed by atoms with Crippen LogP contribution in [0.15, 0.2) is 60.8 Å².